The van der Waals surface area contributed by atoms with E-state index in [0.717, 1.165) is 82.6 Å². The van der Waals surface area contributed by atoms with Crippen molar-refractivity contribution in [2.24, 2.45) is 0 Å². The number of benzene rings is 5. The summed E-state index contributed by atoms with van der Waals surface area (Å²) in [4.78, 5) is 33.4. The Morgan fingerprint density at radius 1 is 0.352 bits per heavy atom. The molecule has 0 amide bonds. The Kier molecular flexibility index (Phi) is 7.34. The lowest BCUT2D eigenvalue weighted by atomic mass is 9.98. The summed E-state index contributed by atoms with van der Waals surface area (Å²) < 4.78 is 0. The van der Waals surface area contributed by atoms with Crippen LogP contribution in [0, 0.1) is 11.3 Å². The van der Waals surface area contributed by atoms with Gasteiger partial charge in [0.25, 0.3) is 0 Å². The molecule has 0 N–H and O–H groups in total. The zero-order valence-electron chi connectivity index (χ0n) is 28.6. The molecule has 5 aromatic heterocycles. The van der Waals surface area contributed by atoms with Crippen LogP contribution in [-0.4, -0.2) is 34.9 Å². The quantitative estimate of drug-likeness (QED) is 0.164. The first-order valence-electron chi connectivity index (χ1n) is 17.4. The van der Waals surface area contributed by atoms with E-state index in [2.05, 4.69) is 86.7 Å². The highest BCUT2D eigenvalue weighted by Crippen LogP contribution is 2.35. The average Bonchev–Trinajstić information content (AvgIpc) is 3.26. The van der Waals surface area contributed by atoms with Gasteiger partial charge >= 0.3 is 0 Å². The van der Waals surface area contributed by atoms with Crippen molar-refractivity contribution in [1.29, 1.82) is 5.26 Å². The van der Waals surface area contributed by atoms with Crippen LogP contribution in [0.2, 0.25) is 0 Å². The van der Waals surface area contributed by atoms with E-state index in [9.17, 15) is 5.26 Å². The maximum atomic E-state index is 9.40. The Bertz CT molecular complexity index is 2920. The van der Waals surface area contributed by atoms with Gasteiger partial charge in [0.05, 0.1) is 33.7 Å². The summed E-state index contributed by atoms with van der Waals surface area (Å²) in [7, 11) is 0. The van der Waals surface area contributed by atoms with Crippen molar-refractivity contribution >= 4 is 43.6 Å². The number of nitrogens with zero attached hydrogens (tertiary/aromatic N) is 8. The normalized spacial score (nSPS) is 11.3. The molecule has 0 aliphatic carbocycles. The molecule has 0 fully saturated rings. The third-order valence-corrected chi connectivity index (χ3v) is 9.78. The first-order chi connectivity index (χ1) is 26.7. The van der Waals surface area contributed by atoms with E-state index in [4.69, 9.17) is 15.0 Å². The zero-order chi connectivity index (χ0) is 36.0. The van der Waals surface area contributed by atoms with Gasteiger partial charge in [-0.2, -0.15) is 5.26 Å². The fourth-order valence-corrected chi connectivity index (χ4v) is 7.07. The van der Waals surface area contributed by atoms with Gasteiger partial charge in [0.1, 0.15) is 0 Å². The molecular formula is C46H26N8. The second kappa shape index (κ2) is 12.8. The van der Waals surface area contributed by atoms with Crippen LogP contribution in [0.25, 0.3) is 100 Å². The van der Waals surface area contributed by atoms with Crippen molar-refractivity contribution in [3.63, 3.8) is 0 Å². The summed E-state index contributed by atoms with van der Waals surface area (Å²) in [5.41, 5.74) is 10.8. The molecule has 0 atom stereocenters. The van der Waals surface area contributed by atoms with E-state index in [-0.39, 0.29) is 0 Å². The van der Waals surface area contributed by atoms with Gasteiger partial charge in [-0.25, -0.2) is 15.0 Å². The average molecular weight is 691 g/mol. The first-order valence-corrected chi connectivity index (χ1v) is 17.4. The number of hydrogen-bond donors (Lipinski definition) is 0. The number of fused-ring (bicyclic) bond motifs is 6. The molecular weight excluding hydrogens is 665 g/mol. The molecule has 10 rings (SSSR count). The van der Waals surface area contributed by atoms with Gasteiger partial charge in [0.2, 0.25) is 0 Å². The topological polar surface area (TPSA) is 114 Å². The lowest BCUT2D eigenvalue weighted by Crippen LogP contribution is -2.00. The maximum absolute atomic E-state index is 9.40. The Morgan fingerprint density at radius 3 is 1.17 bits per heavy atom. The summed E-state index contributed by atoms with van der Waals surface area (Å²) >= 11 is 0. The molecule has 10 aromatic rings. The van der Waals surface area contributed by atoms with Crippen molar-refractivity contribution < 1.29 is 0 Å². The molecule has 0 saturated carbocycles. The third-order valence-electron chi connectivity index (χ3n) is 9.78. The number of aromatic nitrogens is 7. The predicted octanol–water partition coefficient (Wildman–Crippen LogP) is 10.3. The van der Waals surface area contributed by atoms with Crippen LogP contribution >= 0.6 is 0 Å². The molecule has 0 unspecified atom stereocenters. The largest absolute Gasteiger partial charge is 0.254 e. The van der Waals surface area contributed by atoms with Crippen molar-refractivity contribution in [1.82, 2.24) is 34.9 Å². The molecule has 0 aliphatic heterocycles. The highest BCUT2D eigenvalue weighted by Gasteiger charge is 2.15. The van der Waals surface area contributed by atoms with Crippen LogP contribution in [-0.2, 0) is 0 Å². The predicted molar refractivity (Wildman–Crippen MR) is 213 cm³/mol. The minimum atomic E-state index is 0.520. The molecule has 54 heavy (non-hydrogen) atoms. The Hall–Kier alpha value is -7.76. The van der Waals surface area contributed by atoms with Crippen LogP contribution in [0.1, 0.15) is 5.56 Å². The number of hydrogen-bond acceptors (Lipinski definition) is 8. The highest BCUT2D eigenvalue weighted by atomic mass is 15.0. The molecule has 5 aromatic carbocycles. The summed E-state index contributed by atoms with van der Waals surface area (Å²) in [6.07, 6.45) is 7.28. The van der Waals surface area contributed by atoms with Crippen LogP contribution in [0.4, 0.5) is 0 Å². The van der Waals surface area contributed by atoms with E-state index >= 15 is 0 Å². The standard InChI is InChI=1S/C46H26N8/c47-27-28-5-7-33(8-6-28)44-52-45(34-13-9-29(10-14-34)36-21-25-50-42-38(36)19-17-31-3-1-23-48-40(31)42)54-46(53-44)35-15-11-30(12-16-35)37-22-26-51-43-39(37)20-18-32-4-2-24-49-41(32)43/h1-26H. The van der Waals surface area contributed by atoms with Gasteiger partial charge in [0.15, 0.2) is 17.5 Å². The second-order valence-electron chi connectivity index (χ2n) is 12.9. The number of nitriles is 1. The Morgan fingerprint density at radius 2 is 0.741 bits per heavy atom. The molecule has 0 aliphatic rings. The summed E-state index contributed by atoms with van der Waals surface area (Å²) in [5, 5.41) is 13.6. The first kappa shape index (κ1) is 31.0. The van der Waals surface area contributed by atoms with E-state index in [0.29, 0.717) is 23.0 Å². The van der Waals surface area contributed by atoms with Crippen molar-refractivity contribution in [2.75, 3.05) is 0 Å². The van der Waals surface area contributed by atoms with Crippen molar-refractivity contribution in [3.05, 3.63) is 164 Å². The molecule has 0 saturated heterocycles. The SMILES string of the molecule is N#Cc1ccc(-c2nc(-c3ccc(-c4ccnc5c4ccc4cccnc45)cc3)nc(-c3ccc(-c4ccnc5c4ccc4cccnc45)cc3)n2)cc1. The lowest BCUT2D eigenvalue weighted by molar-refractivity contribution is 1.07. The summed E-state index contributed by atoms with van der Waals surface area (Å²) in [6, 6.07) is 46.4. The van der Waals surface area contributed by atoms with Crippen LogP contribution in [0.15, 0.2) is 158 Å². The van der Waals surface area contributed by atoms with E-state index in [1.807, 2.05) is 73.1 Å². The van der Waals surface area contributed by atoms with Gasteiger partial charge in [-0.05, 0) is 70.8 Å². The van der Waals surface area contributed by atoms with Crippen LogP contribution < -0.4 is 0 Å². The Balaban J connectivity index is 1.05. The molecule has 0 radical (unpaired) electrons. The number of rotatable bonds is 5. The molecule has 0 spiro atoms. The lowest BCUT2D eigenvalue weighted by Gasteiger charge is -2.11. The number of pyridine rings is 4. The van der Waals surface area contributed by atoms with Gasteiger partial charge in [-0.15, -0.1) is 0 Å². The van der Waals surface area contributed by atoms with Crippen molar-refractivity contribution in [2.45, 2.75) is 0 Å². The summed E-state index contributed by atoms with van der Waals surface area (Å²) in [5.74, 6) is 1.61. The third kappa shape index (κ3) is 5.36. The van der Waals surface area contributed by atoms with Crippen LogP contribution in [0.3, 0.4) is 0 Å². The van der Waals surface area contributed by atoms with E-state index < -0.39 is 0 Å². The minimum Gasteiger partial charge on any atom is -0.254 e. The molecule has 8 nitrogen and oxygen atoms in total. The van der Waals surface area contributed by atoms with Gasteiger partial charge in [-0.3, -0.25) is 19.9 Å². The van der Waals surface area contributed by atoms with Gasteiger partial charge < -0.3 is 0 Å². The van der Waals surface area contributed by atoms with E-state index in [1.54, 1.807) is 24.5 Å². The molecule has 0 bridgehead atoms. The molecule has 5 heterocycles. The van der Waals surface area contributed by atoms with Gasteiger partial charge in [0, 0.05) is 63.0 Å². The smallest absolute Gasteiger partial charge is 0.164 e. The maximum Gasteiger partial charge on any atom is 0.164 e. The summed E-state index contributed by atoms with van der Waals surface area (Å²) in [6.45, 7) is 0. The van der Waals surface area contributed by atoms with Gasteiger partial charge in [-0.1, -0.05) is 84.9 Å². The molecule has 8 heteroatoms. The van der Waals surface area contributed by atoms with Crippen molar-refractivity contribution in [3.8, 4) is 62.5 Å². The van der Waals surface area contributed by atoms with E-state index in [1.165, 1.54) is 0 Å². The fourth-order valence-electron chi connectivity index (χ4n) is 7.07. The minimum absolute atomic E-state index is 0.520. The fraction of sp³-hybridized carbons (Fsp3) is 0. The zero-order valence-corrected chi connectivity index (χ0v) is 28.6. The Labute approximate surface area is 309 Å². The van der Waals surface area contributed by atoms with Crippen LogP contribution in [0.5, 0.6) is 0 Å². The monoisotopic (exact) mass is 690 g/mol. The molecule has 250 valence electrons. The second-order valence-corrected chi connectivity index (χ2v) is 12.9. The highest BCUT2D eigenvalue weighted by molar-refractivity contribution is 6.09.